The SMILES string of the molecule is CO[C@H](C(=O)Nc1nnc(C[C@@H]2CCN(c3cncnn3)C2)s1)c1cccc(OC(F)(F)F)c1. The summed E-state index contributed by atoms with van der Waals surface area (Å²) in [6.45, 7) is 1.61. The van der Waals surface area contributed by atoms with Gasteiger partial charge < -0.3 is 14.4 Å². The molecular weight excluding hydrogens is 475 g/mol. The molecule has 1 N–H and O–H groups in total. The first-order valence-corrected chi connectivity index (χ1v) is 11.0. The van der Waals surface area contributed by atoms with Crippen LogP contribution in [0.3, 0.4) is 0 Å². The van der Waals surface area contributed by atoms with Crippen molar-refractivity contribution in [3.63, 3.8) is 0 Å². The van der Waals surface area contributed by atoms with Crippen LogP contribution in [0.2, 0.25) is 0 Å². The third kappa shape index (κ3) is 6.14. The highest BCUT2D eigenvalue weighted by Gasteiger charge is 2.32. The van der Waals surface area contributed by atoms with Gasteiger partial charge in [-0.15, -0.1) is 33.6 Å². The molecule has 180 valence electrons. The fourth-order valence-electron chi connectivity index (χ4n) is 3.67. The Morgan fingerprint density at radius 3 is 2.91 bits per heavy atom. The second-order valence-corrected chi connectivity index (χ2v) is 8.56. The summed E-state index contributed by atoms with van der Waals surface area (Å²) in [5, 5.41) is 19.7. The van der Waals surface area contributed by atoms with Gasteiger partial charge in [0.15, 0.2) is 11.9 Å². The number of methoxy groups -OCH3 is 1. The van der Waals surface area contributed by atoms with Gasteiger partial charge in [-0.25, -0.2) is 4.98 Å². The van der Waals surface area contributed by atoms with Gasteiger partial charge >= 0.3 is 6.36 Å². The maximum Gasteiger partial charge on any atom is 0.573 e. The smallest absolute Gasteiger partial charge is 0.406 e. The molecule has 4 rings (SSSR count). The largest absolute Gasteiger partial charge is 0.573 e. The first-order chi connectivity index (χ1) is 16.3. The van der Waals surface area contributed by atoms with Crippen molar-refractivity contribution in [2.75, 3.05) is 30.4 Å². The number of carbonyl (C=O) groups is 1. The van der Waals surface area contributed by atoms with Crippen molar-refractivity contribution in [3.05, 3.63) is 47.4 Å². The summed E-state index contributed by atoms with van der Waals surface area (Å²) < 4.78 is 46.6. The van der Waals surface area contributed by atoms with E-state index in [-0.39, 0.29) is 10.7 Å². The lowest BCUT2D eigenvalue weighted by Crippen LogP contribution is -2.23. The minimum Gasteiger partial charge on any atom is -0.406 e. The van der Waals surface area contributed by atoms with Gasteiger partial charge in [-0.05, 0) is 30.0 Å². The van der Waals surface area contributed by atoms with E-state index in [9.17, 15) is 18.0 Å². The van der Waals surface area contributed by atoms with Crippen LogP contribution in [-0.4, -0.2) is 57.8 Å². The van der Waals surface area contributed by atoms with Gasteiger partial charge in [-0.3, -0.25) is 10.1 Å². The Bertz CT molecular complexity index is 1120. The highest BCUT2D eigenvalue weighted by molar-refractivity contribution is 7.15. The van der Waals surface area contributed by atoms with Crippen molar-refractivity contribution in [3.8, 4) is 5.75 Å². The minimum atomic E-state index is -4.84. The molecule has 0 spiro atoms. The summed E-state index contributed by atoms with van der Waals surface area (Å²) in [5.74, 6) is 0.0320. The normalized spacial score (nSPS) is 16.9. The number of benzene rings is 1. The van der Waals surface area contributed by atoms with E-state index in [0.29, 0.717) is 12.3 Å². The zero-order valence-electron chi connectivity index (χ0n) is 17.9. The molecule has 1 aliphatic rings. The van der Waals surface area contributed by atoms with Gasteiger partial charge in [0.25, 0.3) is 5.91 Å². The van der Waals surface area contributed by atoms with Gasteiger partial charge in [0.05, 0.1) is 6.20 Å². The maximum atomic E-state index is 12.7. The lowest BCUT2D eigenvalue weighted by atomic mass is 10.1. The van der Waals surface area contributed by atoms with Gasteiger partial charge in [-0.2, -0.15) is 0 Å². The number of hydrogen-bond donors (Lipinski definition) is 1. The Balaban J connectivity index is 1.35. The van der Waals surface area contributed by atoms with E-state index in [1.54, 1.807) is 6.20 Å². The monoisotopic (exact) mass is 495 g/mol. The number of anilines is 2. The molecule has 1 saturated heterocycles. The molecular formula is C20H20F3N7O3S. The molecule has 0 radical (unpaired) electrons. The third-order valence-electron chi connectivity index (χ3n) is 5.11. The minimum absolute atomic E-state index is 0.205. The fourth-order valence-corrected chi connectivity index (χ4v) is 4.52. The van der Waals surface area contributed by atoms with Crippen molar-refractivity contribution in [1.29, 1.82) is 0 Å². The number of carbonyl (C=O) groups excluding carboxylic acids is 1. The molecule has 1 aromatic carbocycles. The van der Waals surface area contributed by atoms with Crippen LogP contribution >= 0.6 is 11.3 Å². The summed E-state index contributed by atoms with van der Waals surface area (Å²) in [4.78, 5) is 18.8. The van der Waals surface area contributed by atoms with Crippen LogP contribution < -0.4 is 15.0 Å². The van der Waals surface area contributed by atoms with Gasteiger partial charge in [0, 0.05) is 26.6 Å². The summed E-state index contributed by atoms with van der Waals surface area (Å²) in [6.07, 6.45) is -1.32. The highest BCUT2D eigenvalue weighted by Crippen LogP contribution is 2.29. The quantitative estimate of drug-likeness (QED) is 0.503. The first-order valence-electron chi connectivity index (χ1n) is 10.2. The van der Waals surface area contributed by atoms with Crippen LogP contribution in [0, 0.1) is 5.92 Å². The van der Waals surface area contributed by atoms with Crippen LogP contribution in [0.4, 0.5) is 24.1 Å². The number of nitrogens with one attached hydrogen (secondary N) is 1. The van der Waals surface area contributed by atoms with E-state index in [2.05, 4.69) is 40.3 Å². The number of aromatic nitrogens is 5. The molecule has 2 aromatic heterocycles. The van der Waals surface area contributed by atoms with E-state index in [1.807, 2.05) is 0 Å². The average molecular weight is 495 g/mol. The molecule has 2 atom stereocenters. The molecule has 3 heterocycles. The van der Waals surface area contributed by atoms with Crippen LogP contribution in [0.15, 0.2) is 36.8 Å². The molecule has 10 nitrogen and oxygen atoms in total. The molecule has 34 heavy (non-hydrogen) atoms. The average Bonchev–Trinajstić information content (AvgIpc) is 3.44. The molecule has 0 aliphatic carbocycles. The van der Waals surface area contributed by atoms with Crippen molar-refractivity contribution in [2.24, 2.45) is 5.92 Å². The molecule has 1 aliphatic heterocycles. The first kappa shape index (κ1) is 23.8. The van der Waals surface area contributed by atoms with Crippen molar-refractivity contribution < 1.29 is 27.4 Å². The molecule has 3 aromatic rings. The van der Waals surface area contributed by atoms with Crippen molar-refractivity contribution >= 4 is 28.2 Å². The van der Waals surface area contributed by atoms with Crippen molar-refractivity contribution in [2.45, 2.75) is 25.3 Å². The number of ether oxygens (including phenoxy) is 2. The summed E-state index contributed by atoms with van der Waals surface area (Å²) in [7, 11) is 1.28. The molecule has 0 unspecified atom stereocenters. The van der Waals surface area contributed by atoms with E-state index < -0.39 is 24.1 Å². The zero-order chi connectivity index (χ0) is 24.1. The van der Waals surface area contributed by atoms with Gasteiger partial charge in [0.2, 0.25) is 5.13 Å². The Kier molecular flexibility index (Phi) is 7.17. The number of nitrogens with zero attached hydrogens (tertiary/aromatic N) is 6. The Labute approximate surface area is 196 Å². The van der Waals surface area contributed by atoms with E-state index in [4.69, 9.17) is 4.74 Å². The van der Waals surface area contributed by atoms with E-state index >= 15 is 0 Å². The highest BCUT2D eigenvalue weighted by atomic mass is 32.1. The van der Waals surface area contributed by atoms with Gasteiger partial charge in [-0.1, -0.05) is 23.5 Å². The number of halogens is 3. The topological polar surface area (TPSA) is 115 Å². The van der Waals surface area contributed by atoms with Crippen LogP contribution in [0.5, 0.6) is 5.75 Å². The summed E-state index contributed by atoms with van der Waals surface area (Å²) in [6, 6.07) is 5.07. The Morgan fingerprint density at radius 2 is 2.18 bits per heavy atom. The number of hydrogen-bond acceptors (Lipinski definition) is 10. The predicted molar refractivity (Wildman–Crippen MR) is 115 cm³/mol. The lowest BCUT2D eigenvalue weighted by molar-refractivity contribution is -0.274. The fraction of sp³-hybridized carbons (Fsp3) is 0.400. The standard InChI is InChI=1S/C20H20F3N7O3S/c1-32-17(13-3-2-4-14(8-13)33-20(21,22)23)18(31)26-19-29-28-16(34-19)7-12-5-6-30(10-12)15-9-24-11-25-27-15/h2-4,8-9,11-12,17H,5-7,10H2,1H3,(H,26,29,31)/t12-,17-/m0/s1. The Hall–Kier alpha value is -3.39. The number of amides is 1. The third-order valence-corrected chi connectivity index (χ3v) is 5.97. The van der Waals surface area contributed by atoms with E-state index in [1.165, 1.54) is 36.9 Å². The lowest BCUT2D eigenvalue weighted by Gasteiger charge is -2.16. The van der Waals surface area contributed by atoms with Crippen molar-refractivity contribution in [1.82, 2.24) is 25.4 Å². The number of rotatable bonds is 8. The second kappa shape index (κ2) is 10.3. The predicted octanol–water partition coefficient (Wildman–Crippen LogP) is 3.02. The Morgan fingerprint density at radius 1 is 1.32 bits per heavy atom. The van der Waals surface area contributed by atoms with Gasteiger partial charge in [0.1, 0.15) is 17.1 Å². The molecule has 0 bridgehead atoms. The van der Waals surface area contributed by atoms with Crippen LogP contribution in [0.1, 0.15) is 23.1 Å². The van der Waals surface area contributed by atoms with Crippen LogP contribution in [-0.2, 0) is 16.0 Å². The molecule has 1 fully saturated rings. The second-order valence-electron chi connectivity index (χ2n) is 7.50. The van der Waals surface area contributed by atoms with E-state index in [0.717, 1.165) is 42.5 Å². The zero-order valence-corrected chi connectivity index (χ0v) is 18.7. The molecule has 1 amide bonds. The summed E-state index contributed by atoms with van der Waals surface area (Å²) >= 11 is 1.24. The molecule has 0 saturated carbocycles. The maximum absolute atomic E-state index is 12.7. The summed E-state index contributed by atoms with van der Waals surface area (Å²) in [5.41, 5.74) is 0.205. The number of alkyl halides is 3. The molecule has 14 heteroatoms. The van der Waals surface area contributed by atoms with Crippen LogP contribution in [0.25, 0.3) is 0 Å².